The van der Waals surface area contributed by atoms with Gasteiger partial charge in [-0.25, -0.2) is 4.39 Å². The number of hydrogen-bond acceptors (Lipinski definition) is 2. The molecular formula is C15H19FN2O. The molecule has 0 aromatic heterocycles. The van der Waals surface area contributed by atoms with Crippen LogP contribution in [0, 0.1) is 11.7 Å². The molecule has 0 aliphatic carbocycles. The van der Waals surface area contributed by atoms with Crippen LogP contribution in [0.5, 0.6) is 0 Å². The van der Waals surface area contributed by atoms with Crippen LogP contribution in [-0.4, -0.2) is 18.5 Å². The number of rotatable bonds is 3. The predicted octanol–water partition coefficient (Wildman–Crippen LogP) is 2.00. The van der Waals surface area contributed by atoms with Gasteiger partial charge in [0.1, 0.15) is 5.82 Å². The predicted molar refractivity (Wildman–Crippen MR) is 73.0 cm³/mol. The quantitative estimate of drug-likeness (QED) is 0.818. The zero-order valence-electron chi connectivity index (χ0n) is 11.0. The number of nitrogens with one attached hydrogen (secondary N) is 2. The number of hydrogen-bond donors (Lipinski definition) is 2. The number of carbonyl (C=O) groups excluding carboxylic acids is 1. The zero-order valence-corrected chi connectivity index (χ0v) is 11.0. The smallest absolute Gasteiger partial charge is 0.225 e. The molecule has 2 rings (SSSR count). The monoisotopic (exact) mass is 262 g/mol. The van der Waals surface area contributed by atoms with Crippen molar-refractivity contribution in [2.75, 3.05) is 6.54 Å². The zero-order chi connectivity index (χ0) is 13.7. The molecule has 0 saturated carbocycles. The maximum absolute atomic E-state index is 12.8. The molecule has 1 aliphatic heterocycles. The normalized spacial score (nSPS) is 22.8. The molecule has 2 unspecified atom stereocenters. The minimum absolute atomic E-state index is 0.0378. The Kier molecular flexibility index (Phi) is 4.68. The van der Waals surface area contributed by atoms with Gasteiger partial charge in [-0.1, -0.05) is 24.3 Å². The highest BCUT2D eigenvalue weighted by atomic mass is 19.1. The van der Waals surface area contributed by atoms with Crippen molar-refractivity contribution in [3.8, 4) is 0 Å². The van der Waals surface area contributed by atoms with E-state index in [1.807, 2.05) is 19.1 Å². The lowest BCUT2D eigenvalue weighted by atomic mass is 9.97. The van der Waals surface area contributed by atoms with Crippen molar-refractivity contribution in [2.45, 2.75) is 25.9 Å². The molecule has 0 radical (unpaired) electrons. The Morgan fingerprint density at radius 3 is 2.84 bits per heavy atom. The van der Waals surface area contributed by atoms with E-state index in [2.05, 4.69) is 10.6 Å². The molecule has 1 aromatic carbocycles. The first-order valence-electron chi connectivity index (χ1n) is 6.57. The van der Waals surface area contributed by atoms with Crippen molar-refractivity contribution in [1.82, 2.24) is 10.6 Å². The van der Waals surface area contributed by atoms with Gasteiger partial charge in [0.05, 0.1) is 5.92 Å². The summed E-state index contributed by atoms with van der Waals surface area (Å²) in [6, 6.07) is 6.33. The van der Waals surface area contributed by atoms with E-state index in [4.69, 9.17) is 0 Å². The van der Waals surface area contributed by atoms with Crippen LogP contribution in [0.2, 0.25) is 0 Å². The van der Waals surface area contributed by atoms with Gasteiger partial charge >= 0.3 is 0 Å². The number of allylic oxidation sites excluding steroid dienone is 1. The van der Waals surface area contributed by atoms with Crippen LogP contribution in [-0.2, 0) is 11.3 Å². The number of amides is 1. The van der Waals surface area contributed by atoms with Gasteiger partial charge in [-0.15, -0.1) is 0 Å². The Labute approximate surface area is 112 Å². The van der Waals surface area contributed by atoms with E-state index in [-0.39, 0.29) is 23.7 Å². The molecule has 0 fully saturated rings. The van der Waals surface area contributed by atoms with E-state index < -0.39 is 0 Å². The molecule has 19 heavy (non-hydrogen) atoms. The van der Waals surface area contributed by atoms with Crippen molar-refractivity contribution in [2.24, 2.45) is 5.92 Å². The fourth-order valence-electron chi connectivity index (χ4n) is 2.18. The van der Waals surface area contributed by atoms with Crippen molar-refractivity contribution in [1.29, 1.82) is 0 Å². The van der Waals surface area contributed by atoms with Crippen LogP contribution in [0.15, 0.2) is 36.4 Å². The average molecular weight is 262 g/mol. The highest BCUT2D eigenvalue weighted by Gasteiger charge is 2.24. The Morgan fingerprint density at radius 2 is 2.11 bits per heavy atom. The van der Waals surface area contributed by atoms with Gasteiger partial charge in [0, 0.05) is 19.1 Å². The second-order valence-electron chi connectivity index (χ2n) is 4.85. The van der Waals surface area contributed by atoms with Crippen molar-refractivity contribution in [3.63, 3.8) is 0 Å². The summed E-state index contributed by atoms with van der Waals surface area (Å²) < 4.78 is 12.8. The number of halogens is 1. The lowest BCUT2D eigenvalue weighted by molar-refractivity contribution is -0.125. The van der Waals surface area contributed by atoms with E-state index >= 15 is 0 Å². The Hall–Kier alpha value is -1.68. The van der Waals surface area contributed by atoms with E-state index in [0.717, 1.165) is 18.5 Å². The van der Waals surface area contributed by atoms with Gasteiger partial charge in [-0.2, -0.15) is 0 Å². The van der Waals surface area contributed by atoms with E-state index in [9.17, 15) is 9.18 Å². The molecule has 0 bridgehead atoms. The third kappa shape index (κ3) is 3.89. The molecule has 1 amide bonds. The number of carbonyl (C=O) groups is 1. The fraction of sp³-hybridized carbons (Fsp3) is 0.400. The maximum atomic E-state index is 12.8. The Balaban J connectivity index is 1.89. The molecule has 2 atom stereocenters. The van der Waals surface area contributed by atoms with Crippen LogP contribution in [0.3, 0.4) is 0 Å². The van der Waals surface area contributed by atoms with Gasteiger partial charge in [0.2, 0.25) is 5.91 Å². The molecule has 1 heterocycles. The summed E-state index contributed by atoms with van der Waals surface area (Å²) in [5, 5.41) is 6.19. The molecule has 2 N–H and O–H groups in total. The highest BCUT2D eigenvalue weighted by Crippen LogP contribution is 2.13. The minimum Gasteiger partial charge on any atom is -0.352 e. The minimum atomic E-state index is -0.262. The lowest BCUT2D eigenvalue weighted by Crippen LogP contribution is -2.41. The molecule has 0 spiro atoms. The molecule has 3 nitrogen and oxygen atoms in total. The summed E-state index contributed by atoms with van der Waals surface area (Å²) in [4.78, 5) is 12.1. The standard InChI is InChI=1S/C15H19FN2O/c1-11-14(4-2-3-9-17-11)15(19)18-10-12-5-7-13(16)8-6-12/h2-3,5-8,11,14,17H,4,9-10H2,1H3,(H,18,19). The largest absolute Gasteiger partial charge is 0.352 e. The molecule has 102 valence electrons. The third-order valence-electron chi connectivity index (χ3n) is 3.43. The average Bonchev–Trinajstić information content (AvgIpc) is 2.62. The SMILES string of the molecule is CC1NCC=CCC1C(=O)NCc1ccc(F)cc1. The van der Waals surface area contributed by atoms with Gasteiger partial charge in [-0.05, 0) is 31.0 Å². The van der Waals surface area contributed by atoms with Crippen LogP contribution in [0.4, 0.5) is 4.39 Å². The van der Waals surface area contributed by atoms with Crippen molar-refractivity contribution >= 4 is 5.91 Å². The molecule has 1 aromatic rings. The van der Waals surface area contributed by atoms with Crippen LogP contribution >= 0.6 is 0 Å². The van der Waals surface area contributed by atoms with E-state index in [0.29, 0.717) is 6.54 Å². The highest BCUT2D eigenvalue weighted by molar-refractivity contribution is 5.79. The van der Waals surface area contributed by atoms with E-state index in [1.54, 1.807) is 12.1 Å². The number of benzene rings is 1. The molecule has 4 heteroatoms. The first kappa shape index (κ1) is 13.7. The fourth-order valence-corrected chi connectivity index (χ4v) is 2.18. The Bertz CT molecular complexity index is 456. The van der Waals surface area contributed by atoms with Gasteiger partial charge in [0.25, 0.3) is 0 Å². The summed E-state index contributed by atoms with van der Waals surface area (Å²) in [6.07, 6.45) is 4.84. The van der Waals surface area contributed by atoms with Crippen LogP contribution < -0.4 is 10.6 Å². The summed E-state index contributed by atoms with van der Waals surface area (Å²) in [7, 11) is 0. The first-order valence-corrected chi connectivity index (χ1v) is 6.57. The van der Waals surface area contributed by atoms with Crippen LogP contribution in [0.25, 0.3) is 0 Å². The third-order valence-corrected chi connectivity index (χ3v) is 3.43. The summed E-state index contributed by atoms with van der Waals surface area (Å²) in [5.74, 6) is -0.281. The first-order chi connectivity index (χ1) is 9.16. The van der Waals surface area contributed by atoms with Gasteiger partial charge < -0.3 is 10.6 Å². The van der Waals surface area contributed by atoms with Crippen molar-refractivity contribution < 1.29 is 9.18 Å². The second kappa shape index (κ2) is 6.48. The topological polar surface area (TPSA) is 41.1 Å². The lowest BCUT2D eigenvalue weighted by Gasteiger charge is -2.21. The van der Waals surface area contributed by atoms with Gasteiger partial charge in [0.15, 0.2) is 0 Å². The maximum Gasteiger partial charge on any atom is 0.225 e. The second-order valence-corrected chi connectivity index (χ2v) is 4.85. The van der Waals surface area contributed by atoms with Gasteiger partial charge in [-0.3, -0.25) is 4.79 Å². The summed E-state index contributed by atoms with van der Waals surface area (Å²) in [5.41, 5.74) is 0.902. The van der Waals surface area contributed by atoms with Crippen LogP contribution in [0.1, 0.15) is 18.9 Å². The molecule has 1 aliphatic rings. The van der Waals surface area contributed by atoms with E-state index in [1.165, 1.54) is 12.1 Å². The molecule has 0 saturated heterocycles. The van der Waals surface area contributed by atoms with Crippen molar-refractivity contribution in [3.05, 3.63) is 47.8 Å². The Morgan fingerprint density at radius 1 is 1.37 bits per heavy atom. The summed E-state index contributed by atoms with van der Waals surface area (Å²) in [6.45, 7) is 3.27. The molecular weight excluding hydrogens is 243 g/mol. The summed E-state index contributed by atoms with van der Waals surface area (Å²) >= 11 is 0.